The molecule has 0 bridgehead atoms. The Bertz CT molecular complexity index is 560. The van der Waals surface area contributed by atoms with Gasteiger partial charge < -0.3 is 4.74 Å². The highest BCUT2D eigenvalue weighted by atomic mass is 16.5. The molecule has 1 aromatic carbocycles. The van der Waals surface area contributed by atoms with Crippen LogP contribution in [0.1, 0.15) is 44.7 Å². The predicted molar refractivity (Wildman–Crippen MR) is 82.7 cm³/mol. The molecular weight excluding hydrogens is 264 g/mol. The lowest BCUT2D eigenvalue weighted by Crippen LogP contribution is -2.35. The van der Waals surface area contributed by atoms with E-state index in [1.54, 1.807) is 0 Å². The lowest BCUT2D eigenvalue weighted by atomic mass is 9.87. The number of carbonyl (C=O) groups is 2. The molecular formula is C18H22O3. The number of benzene rings is 1. The first kappa shape index (κ1) is 17.0. The second-order valence-electron chi connectivity index (χ2n) is 5.29. The molecule has 0 aliphatic heterocycles. The molecule has 1 aromatic rings. The molecule has 112 valence electrons. The summed E-state index contributed by atoms with van der Waals surface area (Å²) in [6.07, 6.45) is 1.71. The zero-order valence-corrected chi connectivity index (χ0v) is 13.2. The monoisotopic (exact) mass is 286 g/mol. The molecule has 0 fully saturated rings. The number of unbranched alkanes of at least 4 members (excludes halogenated alkanes) is 1. The van der Waals surface area contributed by atoms with Crippen LogP contribution in [0.2, 0.25) is 0 Å². The van der Waals surface area contributed by atoms with Gasteiger partial charge in [0.2, 0.25) is 0 Å². The van der Waals surface area contributed by atoms with Crippen LogP contribution >= 0.6 is 0 Å². The highest BCUT2D eigenvalue weighted by Crippen LogP contribution is 2.19. The summed E-state index contributed by atoms with van der Waals surface area (Å²) in [7, 11) is 0. The smallest absolute Gasteiger partial charge is 0.331 e. The second-order valence-corrected chi connectivity index (χ2v) is 5.29. The van der Waals surface area contributed by atoms with E-state index < -0.39 is 11.4 Å². The summed E-state index contributed by atoms with van der Waals surface area (Å²) in [5.41, 5.74) is 0.502. The van der Waals surface area contributed by atoms with Gasteiger partial charge in [0.25, 0.3) is 0 Å². The van der Waals surface area contributed by atoms with E-state index in [-0.39, 0.29) is 5.78 Å². The molecule has 1 atom stereocenters. The molecule has 21 heavy (non-hydrogen) atoms. The number of hydrogen-bond donors (Lipinski definition) is 0. The zero-order valence-electron chi connectivity index (χ0n) is 13.2. The van der Waals surface area contributed by atoms with Crippen LogP contribution in [-0.2, 0) is 14.3 Å². The number of carbonyl (C=O) groups excluding carboxylic acids is 2. The predicted octanol–water partition coefficient (Wildman–Crippen LogP) is 3.29. The minimum absolute atomic E-state index is 0.302. The van der Waals surface area contributed by atoms with Crippen molar-refractivity contribution in [2.45, 2.75) is 40.5 Å². The SMILES string of the molecule is CCCCOC(=O)[C@](C)(C#Cc1ccc(C)cc1)C(C)=O. The van der Waals surface area contributed by atoms with Crippen molar-refractivity contribution in [3.63, 3.8) is 0 Å². The summed E-state index contributed by atoms with van der Waals surface area (Å²) in [5.74, 6) is 4.81. The van der Waals surface area contributed by atoms with Gasteiger partial charge in [-0.05, 0) is 39.3 Å². The van der Waals surface area contributed by atoms with E-state index in [4.69, 9.17) is 4.74 Å². The number of esters is 1. The third-order valence-corrected chi connectivity index (χ3v) is 3.35. The number of hydrogen-bond acceptors (Lipinski definition) is 3. The van der Waals surface area contributed by atoms with Gasteiger partial charge in [-0.2, -0.15) is 0 Å². The van der Waals surface area contributed by atoms with Gasteiger partial charge in [0.15, 0.2) is 11.2 Å². The van der Waals surface area contributed by atoms with Gasteiger partial charge in [0.1, 0.15) is 0 Å². The largest absolute Gasteiger partial charge is 0.464 e. The highest BCUT2D eigenvalue weighted by Gasteiger charge is 2.38. The lowest BCUT2D eigenvalue weighted by Gasteiger charge is -2.18. The van der Waals surface area contributed by atoms with Crippen molar-refractivity contribution in [1.29, 1.82) is 0 Å². The van der Waals surface area contributed by atoms with E-state index in [2.05, 4.69) is 11.8 Å². The Labute approximate surface area is 126 Å². The van der Waals surface area contributed by atoms with Gasteiger partial charge >= 0.3 is 5.97 Å². The molecule has 0 aliphatic carbocycles. The van der Waals surface area contributed by atoms with Gasteiger partial charge in [0, 0.05) is 5.56 Å². The summed E-state index contributed by atoms with van der Waals surface area (Å²) in [5, 5.41) is 0. The molecule has 0 unspecified atom stereocenters. The van der Waals surface area contributed by atoms with Crippen LogP contribution < -0.4 is 0 Å². The maximum atomic E-state index is 12.1. The summed E-state index contributed by atoms with van der Waals surface area (Å²) in [6.45, 7) is 7.21. The fourth-order valence-electron chi connectivity index (χ4n) is 1.57. The minimum Gasteiger partial charge on any atom is -0.464 e. The van der Waals surface area contributed by atoms with Crippen molar-refractivity contribution in [2.24, 2.45) is 5.41 Å². The number of rotatable bonds is 5. The summed E-state index contributed by atoms with van der Waals surface area (Å²) in [6, 6.07) is 7.61. The average molecular weight is 286 g/mol. The summed E-state index contributed by atoms with van der Waals surface area (Å²) < 4.78 is 5.15. The third kappa shape index (κ3) is 4.75. The molecule has 0 aliphatic rings. The van der Waals surface area contributed by atoms with Crippen LogP contribution in [0.25, 0.3) is 0 Å². The summed E-state index contributed by atoms with van der Waals surface area (Å²) >= 11 is 0. The molecule has 1 rings (SSSR count). The standard InChI is InChI=1S/C18H22O3/c1-5-6-13-21-17(20)18(4,15(3)19)12-11-16-9-7-14(2)8-10-16/h7-10H,5-6,13H2,1-4H3/t18-/m1/s1. The Morgan fingerprint density at radius 2 is 1.86 bits per heavy atom. The van der Waals surface area contributed by atoms with Gasteiger partial charge in [-0.3, -0.25) is 4.79 Å². The third-order valence-electron chi connectivity index (χ3n) is 3.35. The molecule has 0 radical (unpaired) electrons. The first-order chi connectivity index (χ1) is 9.90. The summed E-state index contributed by atoms with van der Waals surface area (Å²) in [4.78, 5) is 23.9. The maximum absolute atomic E-state index is 12.1. The van der Waals surface area contributed by atoms with E-state index in [0.29, 0.717) is 6.61 Å². The van der Waals surface area contributed by atoms with Crippen molar-refractivity contribution in [3.8, 4) is 11.8 Å². The van der Waals surface area contributed by atoms with Crippen LogP contribution in [-0.4, -0.2) is 18.4 Å². The Hall–Kier alpha value is -2.08. The van der Waals surface area contributed by atoms with Gasteiger partial charge in [-0.25, -0.2) is 4.79 Å². The van der Waals surface area contributed by atoms with Crippen LogP contribution in [0.15, 0.2) is 24.3 Å². The molecule has 0 spiro atoms. The molecule has 0 saturated heterocycles. The van der Waals surface area contributed by atoms with Crippen molar-refractivity contribution >= 4 is 11.8 Å². The fraction of sp³-hybridized carbons (Fsp3) is 0.444. The molecule has 0 saturated carbocycles. The Morgan fingerprint density at radius 1 is 1.24 bits per heavy atom. The van der Waals surface area contributed by atoms with Crippen molar-refractivity contribution < 1.29 is 14.3 Å². The molecule has 0 heterocycles. The first-order valence-corrected chi connectivity index (χ1v) is 7.18. The number of aryl methyl sites for hydroxylation is 1. The maximum Gasteiger partial charge on any atom is 0.331 e. The lowest BCUT2D eigenvalue weighted by molar-refractivity contribution is -0.155. The van der Waals surface area contributed by atoms with Gasteiger partial charge in [-0.15, -0.1) is 0 Å². The molecule has 0 amide bonds. The quantitative estimate of drug-likeness (QED) is 0.361. The van der Waals surface area contributed by atoms with Gasteiger partial charge in [-0.1, -0.05) is 42.9 Å². The van der Waals surface area contributed by atoms with E-state index in [0.717, 1.165) is 24.0 Å². The number of ether oxygens (including phenoxy) is 1. The van der Waals surface area contributed by atoms with E-state index in [1.165, 1.54) is 13.8 Å². The van der Waals surface area contributed by atoms with Gasteiger partial charge in [0.05, 0.1) is 6.61 Å². The van der Waals surface area contributed by atoms with Crippen molar-refractivity contribution in [1.82, 2.24) is 0 Å². The van der Waals surface area contributed by atoms with Crippen molar-refractivity contribution in [2.75, 3.05) is 6.61 Å². The van der Waals surface area contributed by atoms with Crippen LogP contribution in [0, 0.1) is 24.2 Å². The number of ketones is 1. The molecule has 0 N–H and O–H groups in total. The normalized spacial score (nSPS) is 12.8. The second kappa shape index (κ2) is 7.64. The van der Waals surface area contributed by atoms with E-state index >= 15 is 0 Å². The Balaban J connectivity index is 2.93. The first-order valence-electron chi connectivity index (χ1n) is 7.18. The molecule has 3 heteroatoms. The Morgan fingerprint density at radius 3 is 2.38 bits per heavy atom. The minimum atomic E-state index is -1.40. The van der Waals surface area contributed by atoms with E-state index in [9.17, 15) is 9.59 Å². The molecule has 0 aromatic heterocycles. The topological polar surface area (TPSA) is 43.4 Å². The van der Waals surface area contributed by atoms with Crippen LogP contribution in [0.4, 0.5) is 0 Å². The highest BCUT2D eigenvalue weighted by molar-refractivity contribution is 6.05. The van der Waals surface area contributed by atoms with Crippen LogP contribution in [0.5, 0.6) is 0 Å². The molecule has 3 nitrogen and oxygen atoms in total. The van der Waals surface area contributed by atoms with E-state index in [1.807, 2.05) is 38.1 Å². The Kier molecular flexibility index (Phi) is 6.17. The van der Waals surface area contributed by atoms with Crippen LogP contribution in [0.3, 0.4) is 0 Å². The average Bonchev–Trinajstić information content (AvgIpc) is 2.46. The zero-order chi connectivity index (χ0) is 15.9. The van der Waals surface area contributed by atoms with Crippen molar-refractivity contribution in [3.05, 3.63) is 35.4 Å². The fourth-order valence-corrected chi connectivity index (χ4v) is 1.57. The number of Topliss-reactive ketones (excluding diaryl/α,β-unsaturated/α-hetero) is 1.